The van der Waals surface area contributed by atoms with Gasteiger partial charge in [0.05, 0.1) is 11.6 Å². The Bertz CT molecular complexity index is 928. The number of benzene rings is 1. The molecule has 0 aliphatic carbocycles. The van der Waals surface area contributed by atoms with E-state index >= 15 is 0 Å². The number of nitrogens with zero attached hydrogens (tertiary/aromatic N) is 1. The molecule has 3 rings (SSSR count). The van der Waals surface area contributed by atoms with Crippen LogP contribution in [-0.2, 0) is 11.3 Å². The molecule has 0 bridgehead atoms. The normalized spacial score (nSPS) is 10.6. The van der Waals surface area contributed by atoms with Gasteiger partial charge in [-0.05, 0) is 43.3 Å². The van der Waals surface area contributed by atoms with Gasteiger partial charge in [-0.2, -0.15) is 0 Å². The van der Waals surface area contributed by atoms with Crippen molar-refractivity contribution >= 4 is 23.0 Å². The number of hydrogen-bond donors (Lipinski definition) is 1. The van der Waals surface area contributed by atoms with Crippen LogP contribution in [0.4, 0.5) is 0 Å². The zero-order chi connectivity index (χ0) is 19.2. The highest BCUT2D eigenvalue weighted by Crippen LogP contribution is 2.23. The highest BCUT2D eigenvalue weighted by molar-refractivity contribution is 7.09. The quantitative estimate of drug-likeness (QED) is 0.594. The van der Waals surface area contributed by atoms with Crippen LogP contribution < -0.4 is 10.1 Å². The largest absolute Gasteiger partial charge is 0.484 e. The van der Waals surface area contributed by atoms with Crippen LogP contribution in [0.1, 0.15) is 34.5 Å². The molecule has 0 aliphatic heterocycles. The highest BCUT2D eigenvalue weighted by Gasteiger charge is 2.10. The average Bonchev–Trinajstić information content (AvgIpc) is 3.33. The fourth-order valence-electron chi connectivity index (χ4n) is 2.41. The molecule has 7 heteroatoms. The van der Waals surface area contributed by atoms with Crippen molar-refractivity contribution in [3.05, 3.63) is 58.1 Å². The minimum atomic E-state index is -0.258. The Morgan fingerprint density at radius 2 is 1.96 bits per heavy atom. The molecule has 2 heterocycles. The van der Waals surface area contributed by atoms with Crippen molar-refractivity contribution in [1.82, 2.24) is 10.3 Å². The lowest BCUT2D eigenvalue weighted by Crippen LogP contribution is -2.28. The van der Waals surface area contributed by atoms with E-state index < -0.39 is 0 Å². The molecule has 3 aromatic rings. The Morgan fingerprint density at radius 3 is 2.63 bits per heavy atom. The standard InChI is InChI=1S/C20H20N2O4S/c1-3-18(23)14-4-6-15(7-5-14)25-11-20(24)21-10-16-8-9-19(26-16)17-12-27-13(2)22-17/h4-9,12H,3,10-11H2,1-2H3,(H,21,24). The number of aromatic nitrogens is 1. The summed E-state index contributed by atoms with van der Waals surface area (Å²) in [5.74, 6) is 1.68. The van der Waals surface area contributed by atoms with E-state index in [1.54, 1.807) is 35.6 Å². The van der Waals surface area contributed by atoms with E-state index in [1.165, 1.54) is 0 Å². The first-order chi connectivity index (χ1) is 13.0. The summed E-state index contributed by atoms with van der Waals surface area (Å²) in [7, 11) is 0. The first-order valence-corrected chi connectivity index (χ1v) is 9.47. The van der Waals surface area contributed by atoms with Gasteiger partial charge in [0.1, 0.15) is 17.2 Å². The van der Waals surface area contributed by atoms with Gasteiger partial charge in [-0.25, -0.2) is 4.98 Å². The van der Waals surface area contributed by atoms with E-state index in [2.05, 4.69) is 10.3 Å². The number of amides is 1. The fraction of sp³-hybridized carbons (Fsp3) is 0.250. The van der Waals surface area contributed by atoms with Crippen LogP contribution in [0, 0.1) is 6.92 Å². The summed E-state index contributed by atoms with van der Waals surface area (Å²) in [6.45, 7) is 3.92. The number of rotatable bonds is 8. The third kappa shape index (κ3) is 5.04. The Hall–Kier alpha value is -2.93. The Labute approximate surface area is 161 Å². The van der Waals surface area contributed by atoms with E-state index in [9.17, 15) is 9.59 Å². The molecule has 0 atom stereocenters. The minimum absolute atomic E-state index is 0.0740. The number of carbonyl (C=O) groups excluding carboxylic acids is 2. The molecule has 140 valence electrons. The Balaban J connectivity index is 1.46. The Kier molecular flexibility index (Phi) is 6.03. The molecular weight excluding hydrogens is 364 g/mol. The number of carbonyl (C=O) groups is 2. The van der Waals surface area contributed by atoms with Crippen molar-refractivity contribution in [1.29, 1.82) is 0 Å². The van der Waals surface area contributed by atoms with Crippen molar-refractivity contribution in [2.45, 2.75) is 26.8 Å². The molecule has 0 fully saturated rings. The van der Waals surface area contributed by atoms with Gasteiger partial charge in [0, 0.05) is 17.4 Å². The van der Waals surface area contributed by atoms with Crippen LogP contribution in [-0.4, -0.2) is 23.3 Å². The monoisotopic (exact) mass is 384 g/mol. The summed E-state index contributed by atoms with van der Waals surface area (Å²) in [6.07, 6.45) is 0.458. The topological polar surface area (TPSA) is 81.4 Å². The van der Waals surface area contributed by atoms with Gasteiger partial charge < -0.3 is 14.5 Å². The maximum atomic E-state index is 11.9. The maximum Gasteiger partial charge on any atom is 0.258 e. The molecule has 0 radical (unpaired) electrons. The van der Waals surface area contributed by atoms with E-state index in [4.69, 9.17) is 9.15 Å². The molecule has 0 aliphatic rings. The number of aryl methyl sites for hydroxylation is 1. The molecule has 6 nitrogen and oxygen atoms in total. The van der Waals surface area contributed by atoms with Crippen molar-refractivity contribution < 1.29 is 18.7 Å². The third-order valence-corrected chi connectivity index (χ3v) is 4.63. The second-order valence-corrected chi connectivity index (χ2v) is 6.95. The lowest BCUT2D eigenvalue weighted by Gasteiger charge is -2.07. The number of ketones is 1. The predicted molar refractivity (Wildman–Crippen MR) is 103 cm³/mol. The van der Waals surface area contributed by atoms with Crippen molar-refractivity contribution in [2.75, 3.05) is 6.61 Å². The van der Waals surface area contributed by atoms with Crippen LogP contribution in [0.2, 0.25) is 0 Å². The number of nitrogens with one attached hydrogen (secondary N) is 1. The van der Waals surface area contributed by atoms with Crippen molar-refractivity contribution in [3.8, 4) is 17.2 Å². The molecule has 0 saturated heterocycles. The Morgan fingerprint density at radius 1 is 1.19 bits per heavy atom. The molecular formula is C20H20N2O4S. The van der Waals surface area contributed by atoms with Gasteiger partial charge in [0.25, 0.3) is 5.91 Å². The maximum absolute atomic E-state index is 11.9. The van der Waals surface area contributed by atoms with Gasteiger partial charge in [-0.1, -0.05) is 6.92 Å². The molecule has 2 aromatic heterocycles. The van der Waals surface area contributed by atoms with Crippen LogP contribution in [0.25, 0.3) is 11.5 Å². The lowest BCUT2D eigenvalue weighted by atomic mass is 10.1. The van der Waals surface area contributed by atoms with Gasteiger partial charge in [-0.3, -0.25) is 9.59 Å². The first kappa shape index (κ1) is 18.8. The predicted octanol–water partition coefficient (Wildman–Crippen LogP) is 4.00. The number of Topliss-reactive ketones (excluding diaryl/α,β-unsaturated/α-hetero) is 1. The number of ether oxygens (including phenoxy) is 1. The molecule has 0 saturated carbocycles. The molecule has 1 aromatic carbocycles. The summed E-state index contributed by atoms with van der Waals surface area (Å²) >= 11 is 1.56. The zero-order valence-corrected chi connectivity index (χ0v) is 16.0. The molecule has 0 unspecified atom stereocenters. The lowest BCUT2D eigenvalue weighted by molar-refractivity contribution is -0.123. The van der Waals surface area contributed by atoms with Crippen LogP contribution in [0.3, 0.4) is 0 Å². The second-order valence-electron chi connectivity index (χ2n) is 5.88. The van der Waals surface area contributed by atoms with E-state index in [1.807, 2.05) is 31.4 Å². The molecule has 1 amide bonds. The number of hydrogen-bond acceptors (Lipinski definition) is 6. The third-order valence-electron chi connectivity index (χ3n) is 3.86. The van der Waals surface area contributed by atoms with Gasteiger partial charge in [0.2, 0.25) is 0 Å². The summed E-state index contributed by atoms with van der Waals surface area (Å²) in [4.78, 5) is 27.9. The van der Waals surface area contributed by atoms with Crippen LogP contribution in [0.15, 0.2) is 46.2 Å². The molecule has 1 N–H and O–H groups in total. The average molecular weight is 384 g/mol. The van der Waals surface area contributed by atoms with Gasteiger partial charge >= 0.3 is 0 Å². The fourth-order valence-corrected chi connectivity index (χ4v) is 3.02. The van der Waals surface area contributed by atoms with E-state index in [-0.39, 0.29) is 24.8 Å². The van der Waals surface area contributed by atoms with E-state index in [0.29, 0.717) is 29.3 Å². The minimum Gasteiger partial charge on any atom is -0.484 e. The summed E-state index contributed by atoms with van der Waals surface area (Å²) < 4.78 is 11.1. The molecule has 0 spiro atoms. The van der Waals surface area contributed by atoms with Crippen molar-refractivity contribution in [2.24, 2.45) is 0 Å². The van der Waals surface area contributed by atoms with Gasteiger partial charge in [-0.15, -0.1) is 11.3 Å². The summed E-state index contributed by atoms with van der Waals surface area (Å²) in [5, 5.41) is 5.66. The second kappa shape index (κ2) is 8.64. The number of furan rings is 1. The first-order valence-electron chi connectivity index (χ1n) is 8.59. The van der Waals surface area contributed by atoms with E-state index in [0.717, 1.165) is 10.7 Å². The SMILES string of the molecule is CCC(=O)c1ccc(OCC(=O)NCc2ccc(-c3csc(C)n3)o2)cc1. The van der Waals surface area contributed by atoms with Crippen LogP contribution >= 0.6 is 11.3 Å². The van der Waals surface area contributed by atoms with Gasteiger partial charge in [0.15, 0.2) is 18.2 Å². The highest BCUT2D eigenvalue weighted by atomic mass is 32.1. The summed E-state index contributed by atoms with van der Waals surface area (Å²) in [6, 6.07) is 10.4. The smallest absolute Gasteiger partial charge is 0.258 e. The molecule has 27 heavy (non-hydrogen) atoms. The van der Waals surface area contributed by atoms with Crippen LogP contribution in [0.5, 0.6) is 5.75 Å². The summed E-state index contributed by atoms with van der Waals surface area (Å²) in [5.41, 5.74) is 1.43. The number of thiazole rings is 1. The zero-order valence-electron chi connectivity index (χ0n) is 15.2. The van der Waals surface area contributed by atoms with Crippen molar-refractivity contribution in [3.63, 3.8) is 0 Å².